The van der Waals surface area contributed by atoms with Gasteiger partial charge in [0.25, 0.3) is 0 Å². The van der Waals surface area contributed by atoms with Crippen molar-refractivity contribution in [1.29, 1.82) is 0 Å². The van der Waals surface area contributed by atoms with E-state index >= 15 is 0 Å². The number of thiophene rings is 1. The van der Waals surface area contributed by atoms with Crippen molar-refractivity contribution >= 4 is 27.3 Å². The second-order valence-electron chi connectivity index (χ2n) is 4.46. The molecule has 0 saturated heterocycles. The van der Waals surface area contributed by atoms with Crippen molar-refractivity contribution in [3.8, 4) is 0 Å². The van der Waals surface area contributed by atoms with Crippen LogP contribution < -0.4 is 5.73 Å². The fourth-order valence-electron chi connectivity index (χ4n) is 1.91. The standard InChI is InChI=1S/C14H13BrF3NS/c15-12-5-3-9(8-11(12)14(16,17)18)13(19)6-4-10-2-1-7-20-10/h1-3,5,7-8,13H,4,6,19H2. The van der Waals surface area contributed by atoms with E-state index in [1.807, 2.05) is 17.5 Å². The summed E-state index contributed by atoms with van der Waals surface area (Å²) in [6.45, 7) is 0. The average Bonchev–Trinajstić information content (AvgIpc) is 2.88. The Morgan fingerprint density at radius 2 is 2.00 bits per heavy atom. The van der Waals surface area contributed by atoms with Crippen LogP contribution in [0.2, 0.25) is 0 Å². The Hall–Kier alpha value is -0.850. The third-order valence-corrected chi connectivity index (χ3v) is 4.63. The summed E-state index contributed by atoms with van der Waals surface area (Å²) in [6, 6.07) is 7.73. The van der Waals surface area contributed by atoms with E-state index in [0.717, 1.165) is 12.5 Å². The molecule has 1 nitrogen and oxygen atoms in total. The molecule has 2 aromatic rings. The fraction of sp³-hybridized carbons (Fsp3) is 0.286. The van der Waals surface area contributed by atoms with Crippen LogP contribution >= 0.6 is 27.3 Å². The molecule has 0 aliphatic carbocycles. The first-order chi connectivity index (χ1) is 9.38. The molecule has 2 N–H and O–H groups in total. The molecule has 6 heteroatoms. The summed E-state index contributed by atoms with van der Waals surface area (Å²) in [5.41, 5.74) is 5.83. The van der Waals surface area contributed by atoms with E-state index in [4.69, 9.17) is 5.73 Å². The molecule has 1 heterocycles. The molecule has 1 unspecified atom stereocenters. The van der Waals surface area contributed by atoms with Gasteiger partial charge in [-0.05, 0) is 42.0 Å². The predicted octanol–water partition coefficient (Wildman–Crippen LogP) is 5.16. The van der Waals surface area contributed by atoms with Crippen LogP contribution in [0, 0.1) is 0 Å². The van der Waals surface area contributed by atoms with Crippen LogP contribution in [-0.2, 0) is 12.6 Å². The largest absolute Gasteiger partial charge is 0.417 e. The molecule has 2 rings (SSSR count). The summed E-state index contributed by atoms with van der Waals surface area (Å²) in [5.74, 6) is 0. The number of nitrogens with two attached hydrogens (primary N) is 1. The summed E-state index contributed by atoms with van der Waals surface area (Å²) < 4.78 is 38.5. The van der Waals surface area contributed by atoms with E-state index < -0.39 is 17.8 Å². The van der Waals surface area contributed by atoms with Crippen molar-refractivity contribution in [1.82, 2.24) is 0 Å². The van der Waals surface area contributed by atoms with E-state index in [1.54, 1.807) is 17.4 Å². The first-order valence-corrected chi connectivity index (χ1v) is 7.70. The summed E-state index contributed by atoms with van der Waals surface area (Å²) in [6.07, 6.45) is -2.97. The SMILES string of the molecule is NC(CCc1cccs1)c1ccc(Br)c(C(F)(F)F)c1. The Morgan fingerprint density at radius 3 is 2.60 bits per heavy atom. The lowest BCUT2D eigenvalue weighted by atomic mass is 10.00. The molecule has 0 saturated carbocycles. The van der Waals surface area contributed by atoms with Crippen molar-refractivity contribution in [3.05, 3.63) is 56.2 Å². The lowest BCUT2D eigenvalue weighted by Crippen LogP contribution is -2.13. The van der Waals surface area contributed by atoms with E-state index in [9.17, 15) is 13.2 Å². The van der Waals surface area contributed by atoms with Crippen molar-refractivity contribution in [2.45, 2.75) is 25.1 Å². The number of aryl methyl sites for hydroxylation is 1. The highest BCUT2D eigenvalue weighted by Crippen LogP contribution is 2.36. The number of benzene rings is 1. The molecule has 0 spiro atoms. The van der Waals surface area contributed by atoms with Crippen molar-refractivity contribution < 1.29 is 13.2 Å². The Kier molecular flexibility index (Phi) is 4.88. The number of rotatable bonds is 4. The molecular weight excluding hydrogens is 351 g/mol. The van der Waals surface area contributed by atoms with Gasteiger partial charge in [0.1, 0.15) is 0 Å². The molecule has 0 fully saturated rings. The van der Waals surface area contributed by atoms with Crippen LogP contribution in [0.4, 0.5) is 13.2 Å². The maximum atomic E-state index is 12.8. The number of hydrogen-bond donors (Lipinski definition) is 1. The van der Waals surface area contributed by atoms with Crippen molar-refractivity contribution in [2.24, 2.45) is 5.73 Å². The molecule has 0 amide bonds. The van der Waals surface area contributed by atoms with Crippen molar-refractivity contribution in [3.63, 3.8) is 0 Å². The quantitative estimate of drug-likeness (QED) is 0.797. The van der Waals surface area contributed by atoms with Gasteiger partial charge in [0.05, 0.1) is 5.56 Å². The number of halogens is 4. The van der Waals surface area contributed by atoms with Gasteiger partial charge in [-0.15, -0.1) is 11.3 Å². The monoisotopic (exact) mass is 363 g/mol. The van der Waals surface area contributed by atoms with Gasteiger partial charge < -0.3 is 5.73 Å². The maximum Gasteiger partial charge on any atom is 0.417 e. The third-order valence-electron chi connectivity index (χ3n) is 3.01. The van der Waals surface area contributed by atoms with Crippen LogP contribution in [0.15, 0.2) is 40.2 Å². The van der Waals surface area contributed by atoms with Gasteiger partial charge in [-0.3, -0.25) is 0 Å². The van der Waals surface area contributed by atoms with E-state index in [2.05, 4.69) is 15.9 Å². The molecule has 1 aromatic heterocycles. The second kappa shape index (κ2) is 6.28. The topological polar surface area (TPSA) is 26.0 Å². The number of hydrogen-bond acceptors (Lipinski definition) is 2. The van der Waals surface area contributed by atoms with Crippen LogP contribution in [0.5, 0.6) is 0 Å². The molecule has 1 aromatic carbocycles. The molecule has 108 valence electrons. The van der Waals surface area contributed by atoms with Crippen molar-refractivity contribution in [2.75, 3.05) is 0 Å². The highest BCUT2D eigenvalue weighted by atomic mass is 79.9. The highest BCUT2D eigenvalue weighted by Gasteiger charge is 2.33. The number of alkyl halides is 3. The third kappa shape index (κ3) is 3.84. The average molecular weight is 364 g/mol. The molecule has 0 radical (unpaired) electrons. The molecule has 1 atom stereocenters. The fourth-order valence-corrected chi connectivity index (χ4v) is 3.11. The molecule has 20 heavy (non-hydrogen) atoms. The van der Waals surface area contributed by atoms with Crippen LogP contribution in [0.25, 0.3) is 0 Å². The van der Waals surface area contributed by atoms with Gasteiger partial charge in [0.2, 0.25) is 0 Å². The summed E-state index contributed by atoms with van der Waals surface area (Å²) in [7, 11) is 0. The van der Waals surface area contributed by atoms with Gasteiger partial charge in [0.15, 0.2) is 0 Å². The first-order valence-electron chi connectivity index (χ1n) is 6.02. The van der Waals surface area contributed by atoms with E-state index in [-0.39, 0.29) is 4.47 Å². The summed E-state index contributed by atoms with van der Waals surface area (Å²) in [5, 5.41) is 1.97. The summed E-state index contributed by atoms with van der Waals surface area (Å²) in [4.78, 5) is 1.19. The smallest absolute Gasteiger partial charge is 0.324 e. The van der Waals surface area contributed by atoms with Gasteiger partial charge in [-0.25, -0.2) is 0 Å². The molecule has 0 aliphatic rings. The summed E-state index contributed by atoms with van der Waals surface area (Å²) >= 11 is 4.55. The van der Waals surface area contributed by atoms with Gasteiger partial charge in [-0.1, -0.05) is 28.1 Å². The maximum absolute atomic E-state index is 12.8. The zero-order valence-corrected chi connectivity index (χ0v) is 12.9. The highest BCUT2D eigenvalue weighted by molar-refractivity contribution is 9.10. The minimum atomic E-state index is -4.37. The minimum absolute atomic E-state index is 0.0409. The first kappa shape index (κ1) is 15.5. The Morgan fingerprint density at radius 1 is 1.25 bits per heavy atom. The lowest BCUT2D eigenvalue weighted by molar-refractivity contribution is -0.138. The predicted molar refractivity (Wildman–Crippen MR) is 78.7 cm³/mol. The van der Waals surface area contributed by atoms with Gasteiger partial charge >= 0.3 is 6.18 Å². The van der Waals surface area contributed by atoms with Gasteiger partial charge in [0, 0.05) is 15.4 Å². The normalized spacial score (nSPS) is 13.4. The van der Waals surface area contributed by atoms with E-state index in [0.29, 0.717) is 12.0 Å². The van der Waals surface area contributed by atoms with Crippen LogP contribution in [0.1, 0.15) is 28.5 Å². The lowest BCUT2D eigenvalue weighted by Gasteiger charge is -2.15. The zero-order valence-electron chi connectivity index (χ0n) is 10.5. The van der Waals surface area contributed by atoms with E-state index in [1.165, 1.54) is 10.9 Å². The Labute approximate surface area is 127 Å². The van der Waals surface area contributed by atoms with Crippen LogP contribution in [-0.4, -0.2) is 0 Å². The Balaban J connectivity index is 2.12. The van der Waals surface area contributed by atoms with Gasteiger partial charge in [-0.2, -0.15) is 13.2 Å². The Bertz CT molecular complexity index is 566. The minimum Gasteiger partial charge on any atom is -0.324 e. The zero-order chi connectivity index (χ0) is 14.8. The molecule has 0 bridgehead atoms. The molecular formula is C14H13BrF3NS. The second-order valence-corrected chi connectivity index (χ2v) is 6.35. The molecule has 0 aliphatic heterocycles. The van der Waals surface area contributed by atoms with Crippen LogP contribution in [0.3, 0.4) is 0 Å².